The summed E-state index contributed by atoms with van der Waals surface area (Å²) in [7, 11) is 0. The summed E-state index contributed by atoms with van der Waals surface area (Å²) in [4.78, 5) is 14.7. The van der Waals surface area contributed by atoms with E-state index in [2.05, 4.69) is 12.2 Å². The SMILES string of the molecule is O=C(C1CC=CC1)N(c1ccccc1)[C@H]1CCOC1. The Morgan fingerprint density at radius 2 is 1.89 bits per heavy atom. The highest BCUT2D eigenvalue weighted by molar-refractivity contribution is 5.96. The van der Waals surface area contributed by atoms with Crippen molar-refractivity contribution in [3.05, 3.63) is 42.5 Å². The molecule has 1 atom stereocenters. The summed E-state index contributed by atoms with van der Waals surface area (Å²) in [5.41, 5.74) is 0.995. The third kappa shape index (κ3) is 2.56. The Labute approximate surface area is 113 Å². The minimum absolute atomic E-state index is 0.112. The second-order valence-corrected chi connectivity index (χ2v) is 5.20. The molecule has 100 valence electrons. The van der Waals surface area contributed by atoms with Gasteiger partial charge in [0.05, 0.1) is 12.6 Å². The molecule has 3 nitrogen and oxygen atoms in total. The van der Waals surface area contributed by atoms with Gasteiger partial charge in [-0.15, -0.1) is 0 Å². The van der Waals surface area contributed by atoms with Crippen molar-refractivity contribution in [3.63, 3.8) is 0 Å². The Morgan fingerprint density at radius 3 is 2.53 bits per heavy atom. The van der Waals surface area contributed by atoms with Gasteiger partial charge in [-0.05, 0) is 31.4 Å². The molecule has 1 aromatic rings. The number of para-hydroxylation sites is 1. The van der Waals surface area contributed by atoms with Gasteiger partial charge >= 0.3 is 0 Å². The van der Waals surface area contributed by atoms with Crippen molar-refractivity contribution in [2.24, 2.45) is 5.92 Å². The predicted octanol–water partition coefficient (Wildman–Crippen LogP) is 2.77. The predicted molar refractivity (Wildman–Crippen MR) is 75.0 cm³/mol. The number of anilines is 1. The van der Waals surface area contributed by atoms with Gasteiger partial charge in [-0.1, -0.05) is 30.4 Å². The molecule has 19 heavy (non-hydrogen) atoms. The lowest BCUT2D eigenvalue weighted by Gasteiger charge is -2.30. The molecule has 1 fully saturated rings. The van der Waals surface area contributed by atoms with Crippen molar-refractivity contribution in [2.45, 2.75) is 25.3 Å². The molecule has 0 aromatic heterocycles. The van der Waals surface area contributed by atoms with Crippen LogP contribution in [0.25, 0.3) is 0 Å². The van der Waals surface area contributed by atoms with Crippen molar-refractivity contribution < 1.29 is 9.53 Å². The Kier molecular flexibility index (Phi) is 3.65. The van der Waals surface area contributed by atoms with Crippen LogP contribution in [0.4, 0.5) is 5.69 Å². The molecular weight excluding hydrogens is 238 g/mol. The number of hydrogen-bond donors (Lipinski definition) is 0. The lowest BCUT2D eigenvalue weighted by Crippen LogP contribution is -2.43. The van der Waals surface area contributed by atoms with Gasteiger partial charge in [0, 0.05) is 18.2 Å². The van der Waals surface area contributed by atoms with Gasteiger partial charge in [0.1, 0.15) is 0 Å². The standard InChI is InChI=1S/C16H19NO2/c18-16(13-6-4-5-7-13)17(15-10-11-19-12-15)14-8-2-1-3-9-14/h1-5,8-9,13,15H,6-7,10-12H2/t15-/m0/s1. The molecular formula is C16H19NO2. The smallest absolute Gasteiger partial charge is 0.231 e. The van der Waals surface area contributed by atoms with Crippen LogP contribution >= 0.6 is 0 Å². The van der Waals surface area contributed by atoms with E-state index in [1.807, 2.05) is 35.2 Å². The number of benzene rings is 1. The Balaban J connectivity index is 1.85. The Morgan fingerprint density at radius 1 is 1.16 bits per heavy atom. The quantitative estimate of drug-likeness (QED) is 0.779. The van der Waals surface area contributed by atoms with E-state index < -0.39 is 0 Å². The molecule has 1 aromatic carbocycles. The molecule has 2 aliphatic rings. The monoisotopic (exact) mass is 257 g/mol. The molecule has 0 radical (unpaired) electrons. The molecule has 3 heteroatoms. The molecule has 1 heterocycles. The lowest BCUT2D eigenvalue weighted by atomic mass is 10.0. The van der Waals surface area contributed by atoms with Crippen LogP contribution in [0.15, 0.2) is 42.5 Å². The number of allylic oxidation sites excluding steroid dienone is 2. The lowest BCUT2D eigenvalue weighted by molar-refractivity contribution is -0.122. The summed E-state index contributed by atoms with van der Waals surface area (Å²) in [5.74, 6) is 0.354. The highest BCUT2D eigenvalue weighted by Crippen LogP contribution is 2.28. The van der Waals surface area contributed by atoms with Crippen LogP contribution in [0.3, 0.4) is 0 Å². The first kappa shape index (κ1) is 12.4. The van der Waals surface area contributed by atoms with Crippen LogP contribution in [0.1, 0.15) is 19.3 Å². The maximum absolute atomic E-state index is 12.8. The first-order chi connectivity index (χ1) is 9.36. The topological polar surface area (TPSA) is 29.5 Å². The highest BCUT2D eigenvalue weighted by atomic mass is 16.5. The van der Waals surface area contributed by atoms with E-state index in [9.17, 15) is 4.79 Å². The third-order valence-corrected chi connectivity index (χ3v) is 3.90. The van der Waals surface area contributed by atoms with Gasteiger partial charge in [-0.3, -0.25) is 4.79 Å². The van der Waals surface area contributed by atoms with Gasteiger partial charge in [0.25, 0.3) is 0 Å². The molecule has 0 bridgehead atoms. The van der Waals surface area contributed by atoms with Crippen LogP contribution in [0, 0.1) is 5.92 Å². The molecule has 1 saturated heterocycles. The molecule has 0 saturated carbocycles. The molecule has 1 aliphatic carbocycles. The van der Waals surface area contributed by atoms with Crippen LogP contribution < -0.4 is 4.90 Å². The fourth-order valence-corrected chi connectivity index (χ4v) is 2.85. The summed E-state index contributed by atoms with van der Waals surface area (Å²) >= 11 is 0. The first-order valence-corrected chi connectivity index (χ1v) is 6.97. The summed E-state index contributed by atoms with van der Waals surface area (Å²) in [5, 5.41) is 0. The van der Waals surface area contributed by atoms with Crippen molar-refractivity contribution in [1.82, 2.24) is 0 Å². The summed E-state index contributed by atoms with van der Waals surface area (Å²) in [6.45, 7) is 1.41. The minimum atomic E-state index is 0.112. The zero-order valence-electron chi connectivity index (χ0n) is 11.0. The van der Waals surface area contributed by atoms with Crippen molar-refractivity contribution in [2.75, 3.05) is 18.1 Å². The fourth-order valence-electron chi connectivity index (χ4n) is 2.85. The highest BCUT2D eigenvalue weighted by Gasteiger charge is 2.32. The molecule has 1 amide bonds. The number of ether oxygens (including phenoxy) is 1. The van der Waals surface area contributed by atoms with E-state index in [1.165, 1.54) is 0 Å². The molecule has 0 N–H and O–H groups in total. The minimum Gasteiger partial charge on any atom is -0.379 e. The molecule has 0 unspecified atom stereocenters. The molecule has 1 aliphatic heterocycles. The third-order valence-electron chi connectivity index (χ3n) is 3.90. The normalized spacial score (nSPS) is 22.8. The number of rotatable bonds is 3. The van der Waals surface area contributed by atoms with Gasteiger partial charge in [0.2, 0.25) is 5.91 Å². The van der Waals surface area contributed by atoms with Gasteiger partial charge in [-0.2, -0.15) is 0 Å². The number of amides is 1. The van der Waals surface area contributed by atoms with E-state index in [0.717, 1.165) is 31.6 Å². The average Bonchev–Trinajstić information content (AvgIpc) is 3.13. The number of carbonyl (C=O) groups is 1. The maximum atomic E-state index is 12.8. The van der Waals surface area contributed by atoms with Gasteiger partial charge in [0.15, 0.2) is 0 Å². The largest absolute Gasteiger partial charge is 0.379 e. The van der Waals surface area contributed by atoms with E-state index in [4.69, 9.17) is 4.74 Å². The van der Waals surface area contributed by atoms with E-state index in [-0.39, 0.29) is 17.9 Å². The number of hydrogen-bond acceptors (Lipinski definition) is 2. The van der Waals surface area contributed by atoms with Crippen LogP contribution in [-0.4, -0.2) is 25.2 Å². The Bertz CT molecular complexity index is 455. The van der Waals surface area contributed by atoms with Crippen molar-refractivity contribution >= 4 is 11.6 Å². The van der Waals surface area contributed by atoms with Crippen LogP contribution in [0.5, 0.6) is 0 Å². The maximum Gasteiger partial charge on any atom is 0.231 e. The van der Waals surface area contributed by atoms with Crippen LogP contribution in [-0.2, 0) is 9.53 Å². The second-order valence-electron chi connectivity index (χ2n) is 5.20. The van der Waals surface area contributed by atoms with Gasteiger partial charge < -0.3 is 9.64 Å². The Hall–Kier alpha value is -1.61. The van der Waals surface area contributed by atoms with Gasteiger partial charge in [-0.25, -0.2) is 0 Å². The summed E-state index contributed by atoms with van der Waals surface area (Å²) < 4.78 is 5.46. The summed E-state index contributed by atoms with van der Waals surface area (Å²) in [6.07, 6.45) is 6.89. The zero-order chi connectivity index (χ0) is 13.1. The van der Waals surface area contributed by atoms with E-state index >= 15 is 0 Å². The van der Waals surface area contributed by atoms with Crippen molar-refractivity contribution in [1.29, 1.82) is 0 Å². The number of nitrogens with zero attached hydrogens (tertiary/aromatic N) is 1. The fraction of sp³-hybridized carbons (Fsp3) is 0.438. The van der Waals surface area contributed by atoms with E-state index in [1.54, 1.807) is 0 Å². The van der Waals surface area contributed by atoms with E-state index in [0.29, 0.717) is 6.61 Å². The average molecular weight is 257 g/mol. The zero-order valence-corrected chi connectivity index (χ0v) is 11.0. The molecule has 3 rings (SSSR count). The first-order valence-electron chi connectivity index (χ1n) is 6.97. The van der Waals surface area contributed by atoms with Crippen LogP contribution in [0.2, 0.25) is 0 Å². The molecule has 0 spiro atoms. The van der Waals surface area contributed by atoms with Crippen molar-refractivity contribution in [3.8, 4) is 0 Å². The number of carbonyl (C=O) groups excluding carboxylic acids is 1. The summed E-state index contributed by atoms with van der Waals surface area (Å²) in [6, 6.07) is 10.2. The second kappa shape index (κ2) is 5.57.